The highest BCUT2D eigenvalue weighted by Crippen LogP contribution is 2.26. The van der Waals surface area contributed by atoms with Crippen LogP contribution in [0.1, 0.15) is 15.2 Å². The summed E-state index contributed by atoms with van der Waals surface area (Å²) in [6.07, 6.45) is 0. The highest BCUT2D eigenvalue weighted by Gasteiger charge is 2.10. The van der Waals surface area contributed by atoms with Gasteiger partial charge >= 0.3 is 5.97 Å². The number of aromatic hydroxyl groups is 1. The van der Waals surface area contributed by atoms with Crippen molar-refractivity contribution in [2.75, 3.05) is 0 Å². The Balaban J connectivity index is 3.15. The smallest absolute Gasteiger partial charge is 0.336 e. The zero-order chi connectivity index (χ0) is 7.72. The first-order chi connectivity index (χ1) is 4.61. The summed E-state index contributed by atoms with van der Waals surface area (Å²) in [4.78, 5) is 11.0. The number of hydrogen-bond donors (Lipinski definition) is 2. The van der Waals surface area contributed by atoms with Crippen molar-refractivity contribution in [2.24, 2.45) is 0 Å². The van der Waals surface area contributed by atoms with E-state index in [0.717, 1.165) is 11.3 Å². The third-order valence-corrected chi connectivity index (χ3v) is 1.99. The molecule has 0 aliphatic heterocycles. The minimum atomic E-state index is -0.992. The molecule has 0 saturated carbocycles. The summed E-state index contributed by atoms with van der Waals surface area (Å²) in [5.74, 6) is -0.992. The molecule has 10 heavy (non-hydrogen) atoms. The molecular weight excluding hydrogens is 152 g/mol. The standard InChI is InChI=1S/C6H6O3S/c1-3-4(6(8)9)2-5(7)10-3/h2,7H,1H3,(H,8,9). The van der Waals surface area contributed by atoms with Gasteiger partial charge in [0.1, 0.15) is 0 Å². The Morgan fingerprint density at radius 3 is 2.50 bits per heavy atom. The summed E-state index contributed by atoms with van der Waals surface area (Å²) in [6.45, 7) is 1.66. The highest BCUT2D eigenvalue weighted by atomic mass is 32.1. The van der Waals surface area contributed by atoms with Crippen LogP contribution in [0, 0.1) is 6.92 Å². The maximum atomic E-state index is 10.3. The Morgan fingerprint density at radius 2 is 2.30 bits per heavy atom. The lowest BCUT2D eigenvalue weighted by atomic mass is 10.3. The van der Waals surface area contributed by atoms with Crippen molar-refractivity contribution in [3.63, 3.8) is 0 Å². The Bertz CT molecular complexity index is 264. The molecule has 1 heterocycles. The molecule has 0 fully saturated rings. The van der Waals surface area contributed by atoms with E-state index in [0.29, 0.717) is 4.88 Å². The first-order valence-electron chi connectivity index (χ1n) is 2.64. The van der Waals surface area contributed by atoms with Gasteiger partial charge in [0.2, 0.25) is 0 Å². The van der Waals surface area contributed by atoms with Gasteiger partial charge in [0.05, 0.1) is 5.56 Å². The van der Waals surface area contributed by atoms with Crippen molar-refractivity contribution in [1.82, 2.24) is 0 Å². The number of carbonyl (C=O) groups is 1. The summed E-state index contributed by atoms with van der Waals surface area (Å²) < 4.78 is 0. The van der Waals surface area contributed by atoms with Crippen LogP contribution in [-0.2, 0) is 0 Å². The van der Waals surface area contributed by atoms with E-state index in [1.165, 1.54) is 6.07 Å². The van der Waals surface area contributed by atoms with Crippen molar-refractivity contribution in [3.05, 3.63) is 16.5 Å². The summed E-state index contributed by atoms with van der Waals surface area (Å²) in [6, 6.07) is 1.25. The average molecular weight is 158 g/mol. The molecule has 3 nitrogen and oxygen atoms in total. The van der Waals surface area contributed by atoms with Crippen molar-refractivity contribution >= 4 is 17.3 Å². The van der Waals surface area contributed by atoms with E-state index in [4.69, 9.17) is 10.2 Å². The second-order valence-electron chi connectivity index (χ2n) is 1.86. The van der Waals surface area contributed by atoms with Crippen molar-refractivity contribution < 1.29 is 15.0 Å². The molecular formula is C6H6O3S. The maximum absolute atomic E-state index is 10.3. The third kappa shape index (κ3) is 1.11. The van der Waals surface area contributed by atoms with Crippen molar-refractivity contribution in [2.45, 2.75) is 6.92 Å². The van der Waals surface area contributed by atoms with Crippen LogP contribution < -0.4 is 0 Å². The minimum Gasteiger partial charge on any atom is -0.499 e. The van der Waals surface area contributed by atoms with E-state index in [1.54, 1.807) is 6.92 Å². The highest BCUT2D eigenvalue weighted by molar-refractivity contribution is 7.14. The molecule has 0 amide bonds. The predicted molar refractivity (Wildman–Crippen MR) is 37.7 cm³/mol. The summed E-state index contributed by atoms with van der Waals surface area (Å²) in [7, 11) is 0. The Kier molecular flexibility index (Phi) is 1.63. The number of thiophene rings is 1. The lowest BCUT2D eigenvalue weighted by Gasteiger charge is -1.85. The topological polar surface area (TPSA) is 57.5 Å². The molecule has 0 aromatic carbocycles. The van der Waals surface area contributed by atoms with Gasteiger partial charge in [0.15, 0.2) is 5.06 Å². The van der Waals surface area contributed by atoms with Gasteiger partial charge in [-0.15, -0.1) is 11.3 Å². The summed E-state index contributed by atoms with van der Waals surface area (Å²) in [5, 5.41) is 17.4. The molecule has 1 aromatic heterocycles. The second kappa shape index (κ2) is 2.30. The fourth-order valence-electron chi connectivity index (χ4n) is 0.679. The molecule has 0 bridgehead atoms. The number of carboxylic acids is 1. The molecule has 1 aromatic rings. The SMILES string of the molecule is Cc1sc(O)cc1C(=O)O. The van der Waals surface area contributed by atoms with Crippen LogP contribution in [0.15, 0.2) is 6.07 Å². The molecule has 4 heteroatoms. The number of carboxylic acid groups (broad SMARTS) is 1. The van der Waals surface area contributed by atoms with Gasteiger partial charge in [-0.3, -0.25) is 0 Å². The van der Waals surface area contributed by atoms with Crippen LogP contribution in [0.2, 0.25) is 0 Å². The molecule has 0 aliphatic rings. The normalized spacial score (nSPS) is 9.70. The van der Waals surface area contributed by atoms with E-state index in [9.17, 15) is 4.79 Å². The van der Waals surface area contributed by atoms with Crippen LogP contribution in [0.3, 0.4) is 0 Å². The average Bonchev–Trinajstić information content (AvgIpc) is 2.10. The maximum Gasteiger partial charge on any atom is 0.336 e. The van der Waals surface area contributed by atoms with E-state index >= 15 is 0 Å². The van der Waals surface area contributed by atoms with Crippen molar-refractivity contribution in [3.8, 4) is 5.06 Å². The van der Waals surface area contributed by atoms with Crippen LogP contribution >= 0.6 is 11.3 Å². The summed E-state index contributed by atoms with van der Waals surface area (Å²) in [5.41, 5.74) is 0.183. The van der Waals surface area contributed by atoms with Crippen LogP contribution in [-0.4, -0.2) is 16.2 Å². The van der Waals surface area contributed by atoms with Gasteiger partial charge in [-0.2, -0.15) is 0 Å². The molecule has 1 rings (SSSR count). The monoisotopic (exact) mass is 158 g/mol. The van der Waals surface area contributed by atoms with E-state index in [2.05, 4.69) is 0 Å². The molecule has 54 valence electrons. The van der Waals surface area contributed by atoms with Gasteiger partial charge in [-0.25, -0.2) is 4.79 Å². The van der Waals surface area contributed by atoms with Gasteiger partial charge < -0.3 is 10.2 Å². The van der Waals surface area contributed by atoms with Crippen LogP contribution in [0.4, 0.5) is 0 Å². The molecule has 0 atom stereocenters. The van der Waals surface area contributed by atoms with Gasteiger partial charge in [-0.05, 0) is 6.92 Å². The first kappa shape index (κ1) is 7.08. The molecule has 0 spiro atoms. The Morgan fingerprint density at radius 1 is 1.70 bits per heavy atom. The summed E-state index contributed by atoms with van der Waals surface area (Å²) >= 11 is 1.07. The fourth-order valence-corrected chi connectivity index (χ4v) is 1.43. The molecule has 2 N–H and O–H groups in total. The van der Waals surface area contributed by atoms with E-state index in [1.807, 2.05) is 0 Å². The second-order valence-corrected chi connectivity index (χ2v) is 3.09. The first-order valence-corrected chi connectivity index (χ1v) is 3.45. The third-order valence-electron chi connectivity index (χ3n) is 1.14. The fraction of sp³-hybridized carbons (Fsp3) is 0.167. The molecule has 0 aliphatic carbocycles. The Hall–Kier alpha value is -1.03. The minimum absolute atomic E-state index is 0.0508. The van der Waals surface area contributed by atoms with Crippen LogP contribution in [0.5, 0.6) is 5.06 Å². The van der Waals surface area contributed by atoms with Gasteiger partial charge in [0, 0.05) is 10.9 Å². The lowest BCUT2D eigenvalue weighted by Crippen LogP contribution is -1.94. The number of rotatable bonds is 1. The number of hydrogen-bond acceptors (Lipinski definition) is 3. The number of aromatic carboxylic acids is 1. The van der Waals surface area contributed by atoms with Crippen molar-refractivity contribution in [1.29, 1.82) is 0 Å². The van der Waals surface area contributed by atoms with Gasteiger partial charge in [-0.1, -0.05) is 0 Å². The number of aryl methyl sites for hydroxylation is 1. The zero-order valence-corrected chi connectivity index (χ0v) is 6.10. The molecule has 0 unspecified atom stereocenters. The zero-order valence-electron chi connectivity index (χ0n) is 5.29. The van der Waals surface area contributed by atoms with Gasteiger partial charge in [0.25, 0.3) is 0 Å². The largest absolute Gasteiger partial charge is 0.499 e. The molecule has 0 radical (unpaired) electrons. The lowest BCUT2D eigenvalue weighted by molar-refractivity contribution is 0.0696. The Labute approximate surface area is 61.6 Å². The quantitative estimate of drug-likeness (QED) is 0.650. The predicted octanol–water partition coefficient (Wildman–Crippen LogP) is 1.46. The van der Waals surface area contributed by atoms with E-state index < -0.39 is 5.97 Å². The van der Waals surface area contributed by atoms with E-state index in [-0.39, 0.29) is 10.6 Å². The molecule has 0 saturated heterocycles. The van der Waals surface area contributed by atoms with Crippen LogP contribution in [0.25, 0.3) is 0 Å².